The monoisotopic (exact) mass is 356 g/mol. The Labute approximate surface area is 142 Å². The molecule has 23 heavy (non-hydrogen) atoms. The number of benzene rings is 1. The van der Waals surface area contributed by atoms with Crippen LogP contribution >= 0.6 is 23.2 Å². The lowest BCUT2D eigenvalue weighted by molar-refractivity contribution is 0.356. The zero-order valence-corrected chi connectivity index (χ0v) is 13.8. The maximum atomic E-state index is 14.4. The lowest BCUT2D eigenvalue weighted by Crippen LogP contribution is -2.27. The predicted molar refractivity (Wildman–Crippen MR) is 89.0 cm³/mol. The first-order chi connectivity index (χ1) is 11.0. The summed E-state index contributed by atoms with van der Waals surface area (Å²) in [5.74, 6) is -0.323. The average Bonchev–Trinajstić information content (AvgIpc) is 2.79. The highest BCUT2D eigenvalue weighted by molar-refractivity contribution is 6.33. The molecule has 0 unspecified atom stereocenters. The van der Waals surface area contributed by atoms with Crippen LogP contribution in [0.15, 0.2) is 29.6 Å². The summed E-state index contributed by atoms with van der Waals surface area (Å²) in [5, 5.41) is 0.374. The van der Waals surface area contributed by atoms with Crippen molar-refractivity contribution in [2.24, 2.45) is 0 Å². The summed E-state index contributed by atoms with van der Waals surface area (Å²) in [5.41, 5.74) is -0.0605. The van der Waals surface area contributed by atoms with E-state index in [0.29, 0.717) is 13.1 Å². The Hall–Kier alpha value is -1.72. The van der Waals surface area contributed by atoms with E-state index in [1.807, 2.05) is 0 Å². The molecule has 4 nitrogen and oxygen atoms in total. The second-order valence-electron chi connectivity index (χ2n) is 5.29. The van der Waals surface area contributed by atoms with Crippen LogP contribution in [-0.4, -0.2) is 16.0 Å². The number of aromatic nitrogens is 2. The molecule has 2 heterocycles. The molecule has 1 aromatic carbocycles. The van der Waals surface area contributed by atoms with Gasteiger partial charge in [0.1, 0.15) is 23.3 Å². The Kier molecular flexibility index (Phi) is 4.50. The molecule has 1 aliphatic rings. The quantitative estimate of drug-likeness (QED) is 0.772. The second-order valence-corrected chi connectivity index (χ2v) is 6.05. The van der Waals surface area contributed by atoms with Crippen molar-refractivity contribution in [1.82, 2.24) is 9.36 Å². The third-order valence-electron chi connectivity index (χ3n) is 3.81. The van der Waals surface area contributed by atoms with Gasteiger partial charge in [0.25, 0.3) is 5.56 Å². The Balaban J connectivity index is 2.17. The summed E-state index contributed by atoms with van der Waals surface area (Å²) < 4.78 is 23.0. The predicted octanol–water partition coefficient (Wildman–Crippen LogP) is 4.12. The molecule has 0 N–H and O–H groups in total. The van der Waals surface area contributed by atoms with Gasteiger partial charge in [-0.2, -0.15) is 0 Å². The van der Waals surface area contributed by atoms with Crippen molar-refractivity contribution in [3.05, 3.63) is 51.1 Å². The van der Waals surface area contributed by atoms with Crippen LogP contribution in [0.2, 0.25) is 10.2 Å². The molecule has 0 atom stereocenters. The van der Waals surface area contributed by atoms with Crippen LogP contribution in [0.1, 0.15) is 12.8 Å². The smallest absolute Gasteiger partial charge is 0.276 e. The van der Waals surface area contributed by atoms with Gasteiger partial charge in [0, 0.05) is 18.7 Å². The van der Waals surface area contributed by atoms with Gasteiger partial charge in [0.05, 0.1) is 10.6 Å². The summed E-state index contributed by atoms with van der Waals surface area (Å²) >= 11 is 12.3. The molecule has 0 amide bonds. The molecule has 2 aromatic rings. The zero-order valence-electron chi connectivity index (χ0n) is 12.3. The molecule has 7 heteroatoms. The molecular formula is C16H15Cl2FN2O2. The zero-order chi connectivity index (χ0) is 16.6. The van der Waals surface area contributed by atoms with E-state index in [9.17, 15) is 9.18 Å². The molecule has 0 fully saturated rings. The van der Waals surface area contributed by atoms with E-state index in [4.69, 9.17) is 27.9 Å². The molecular weight excluding hydrogens is 342 g/mol. The van der Waals surface area contributed by atoms with Crippen molar-refractivity contribution >= 4 is 23.2 Å². The van der Waals surface area contributed by atoms with Gasteiger partial charge in [-0.3, -0.25) is 9.48 Å². The minimum absolute atomic E-state index is 0.0952. The van der Waals surface area contributed by atoms with Crippen LogP contribution in [0.4, 0.5) is 4.39 Å². The van der Waals surface area contributed by atoms with Gasteiger partial charge in [-0.1, -0.05) is 35.9 Å². The highest BCUT2D eigenvalue weighted by atomic mass is 35.5. The van der Waals surface area contributed by atoms with Crippen LogP contribution in [0.3, 0.4) is 0 Å². The minimum Gasteiger partial charge on any atom is -0.488 e. The summed E-state index contributed by atoms with van der Waals surface area (Å²) in [6.45, 7) is 5.00. The van der Waals surface area contributed by atoms with Gasteiger partial charge in [-0.15, -0.1) is 0 Å². The highest BCUT2D eigenvalue weighted by Crippen LogP contribution is 2.35. The standard InChI is InChI=1S/C16H15Cl2FN2O2/c1-2-7-23-13-8-10(12(19)9-11(13)17)14-15(18)20-5-3-4-6-21(20)16(14)22/h2,8-9H,1,3-7H2. The molecule has 122 valence electrons. The normalized spacial score (nSPS) is 13.7. The van der Waals surface area contributed by atoms with Gasteiger partial charge in [0.2, 0.25) is 0 Å². The van der Waals surface area contributed by atoms with Crippen molar-refractivity contribution in [3.63, 3.8) is 0 Å². The molecule has 0 radical (unpaired) electrons. The van der Waals surface area contributed by atoms with Gasteiger partial charge in [-0.05, 0) is 25.0 Å². The van der Waals surface area contributed by atoms with E-state index in [0.717, 1.165) is 18.9 Å². The third-order valence-corrected chi connectivity index (χ3v) is 4.49. The summed E-state index contributed by atoms with van der Waals surface area (Å²) in [4.78, 5) is 12.6. The number of rotatable bonds is 4. The van der Waals surface area contributed by atoms with Crippen LogP contribution in [0.25, 0.3) is 11.1 Å². The van der Waals surface area contributed by atoms with E-state index in [1.54, 1.807) is 15.4 Å². The van der Waals surface area contributed by atoms with Gasteiger partial charge < -0.3 is 4.74 Å². The highest BCUT2D eigenvalue weighted by Gasteiger charge is 2.25. The maximum Gasteiger partial charge on any atom is 0.276 e. The van der Waals surface area contributed by atoms with Crippen molar-refractivity contribution in [2.45, 2.75) is 25.9 Å². The third kappa shape index (κ3) is 2.79. The molecule has 3 rings (SSSR count). The Morgan fingerprint density at radius 3 is 2.61 bits per heavy atom. The fourth-order valence-electron chi connectivity index (χ4n) is 2.73. The van der Waals surface area contributed by atoms with Gasteiger partial charge >= 0.3 is 0 Å². The Bertz CT molecular complexity index is 826. The molecule has 0 spiro atoms. The fourth-order valence-corrected chi connectivity index (χ4v) is 3.30. The van der Waals surface area contributed by atoms with E-state index in [-0.39, 0.29) is 39.2 Å². The van der Waals surface area contributed by atoms with E-state index < -0.39 is 5.82 Å². The largest absolute Gasteiger partial charge is 0.488 e. The first-order valence-corrected chi connectivity index (χ1v) is 8.02. The van der Waals surface area contributed by atoms with E-state index in [1.165, 1.54) is 6.07 Å². The number of hydrogen-bond acceptors (Lipinski definition) is 2. The molecule has 1 aliphatic heterocycles. The van der Waals surface area contributed by atoms with Crippen LogP contribution in [0.5, 0.6) is 5.75 Å². The minimum atomic E-state index is -0.608. The Morgan fingerprint density at radius 1 is 1.26 bits per heavy atom. The fraction of sp³-hybridized carbons (Fsp3) is 0.312. The second kappa shape index (κ2) is 6.42. The van der Waals surface area contributed by atoms with E-state index in [2.05, 4.69) is 6.58 Å². The van der Waals surface area contributed by atoms with Crippen molar-refractivity contribution in [2.75, 3.05) is 6.61 Å². The van der Waals surface area contributed by atoms with Crippen molar-refractivity contribution in [1.29, 1.82) is 0 Å². The first-order valence-electron chi connectivity index (χ1n) is 7.26. The number of nitrogens with zero attached hydrogens (tertiary/aromatic N) is 2. The lowest BCUT2D eigenvalue weighted by atomic mass is 10.1. The van der Waals surface area contributed by atoms with Crippen LogP contribution in [-0.2, 0) is 13.1 Å². The van der Waals surface area contributed by atoms with Gasteiger partial charge in [0.15, 0.2) is 0 Å². The van der Waals surface area contributed by atoms with Crippen LogP contribution < -0.4 is 10.3 Å². The number of hydrogen-bond donors (Lipinski definition) is 0. The lowest BCUT2D eigenvalue weighted by Gasteiger charge is -2.17. The molecule has 0 bridgehead atoms. The van der Waals surface area contributed by atoms with E-state index >= 15 is 0 Å². The Morgan fingerprint density at radius 2 is 1.96 bits per heavy atom. The summed E-state index contributed by atoms with van der Waals surface area (Å²) in [6, 6.07) is 2.54. The molecule has 1 aromatic heterocycles. The number of ether oxygens (including phenoxy) is 1. The summed E-state index contributed by atoms with van der Waals surface area (Å²) in [6.07, 6.45) is 3.39. The summed E-state index contributed by atoms with van der Waals surface area (Å²) in [7, 11) is 0. The van der Waals surface area contributed by atoms with Gasteiger partial charge in [-0.25, -0.2) is 9.07 Å². The molecule has 0 saturated heterocycles. The van der Waals surface area contributed by atoms with Crippen molar-refractivity contribution < 1.29 is 9.13 Å². The molecule has 0 saturated carbocycles. The van der Waals surface area contributed by atoms with Crippen molar-refractivity contribution in [3.8, 4) is 16.9 Å². The SMILES string of the molecule is C=CCOc1cc(-c2c(Cl)n3n(c2=O)CCCC3)c(F)cc1Cl. The topological polar surface area (TPSA) is 36.2 Å². The number of halogens is 3. The molecule has 0 aliphatic carbocycles. The average molecular weight is 357 g/mol. The maximum absolute atomic E-state index is 14.4. The number of fused-ring (bicyclic) bond motifs is 1. The van der Waals surface area contributed by atoms with Crippen LogP contribution in [0, 0.1) is 5.82 Å². The first kappa shape index (κ1) is 16.1.